The number of hydrogen-bond acceptors (Lipinski definition) is 1. The number of benzene rings is 1. The highest BCUT2D eigenvalue weighted by atomic mass is 14.9. The van der Waals surface area contributed by atoms with Gasteiger partial charge in [0.2, 0.25) is 0 Å². The van der Waals surface area contributed by atoms with Crippen molar-refractivity contribution < 1.29 is 0 Å². The van der Waals surface area contributed by atoms with Crippen LogP contribution in [0.4, 0.5) is 0 Å². The van der Waals surface area contributed by atoms with Crippen LogP contribution in [0.3, 0.4) is 0 Å². The molecule has 0 radical (unpaired) electrons. The van der Waals surface area contributed by atoms with Gasteiger partial charge < -0.3 is 5.32 Å². The molecule has 1 aromatic carbocycles. The second-order valence-corrected chi connectivity index (χ2v) is 5.82. The zero-order valence-electron chi connectivity index (χ0n) is 10.5. The second-order valence-electron chi connectivity index (χ2n) is 5.82. The molecule has 0 unspecified atom stereocenters. The number of nitrogens with one attached hydrogen (secondary N) is 1. The first-order valence-corrected chi connectivity index (χ1v) is 6.43. The molecule has 1 aliphatic carbocycles. The summed E-state index contributed by atoms with van der Waals surface area (Å²) in [6, 6.07) is 11.4. The Morgan fingerprint density at radius 1 is 1.25 bits per heavy atom. The van der Waals surface area contributed by atoms with E-state index in [2.05, 4.69) is 49.5 Å². The first-order chi connectivity index (χ1) is 7.66. The SMILES string of the molecule is CC1(C)CCC[C@@H](NCc2ccccc2)C1. The lowest BCUT2D eigenvalue weighted by Crippen LogP contribution is -2.36. The molecular formula is C15H23N. The van der Waals surface area contributed by atoms with Crippen molar-refractivity contribution in [3.05, 3.63) is 35.9 Å². The molecule has 1 saturated carbocycles. The van der Waals surface area contributed by atoms with Crippen LogP contribution in [0.25, 0.3) is 0 Å². The molecule has 1 atom stereocenters. The molecule has 0 bridgehead atoms. The molecule has 0 amide bonds. The van der Waals surface area contributed by atoms with E-state index in [9.17, 15) is 0 Å². The van der Waals surface area contributed by atoms with E-state index in [0.29, 0.717) is 11.5 Å². The largest absolute Gasteiger partial charge is 0.310 e. The van der Waals surface area contributed by atoms with Gasteiger partial charge in [-0.05, 0) is 30.2 Å². The van der Waals surface area contributed by atoms with Gasteiger partial charge in [0.15, 0.2) is 0 Å². The van der Waals surface area contributed by atoms with Crippen molar-refractivity contribution in [3.8, 4) is 0 Å². The van der Waals surface area contributed by atoms with Crippen molar-refractivity contribution in [3.63, 3.8) is 0 Å². The van der Waals surface area contributed by atoms with E-state index in [4.69, 9.17) is 0 Å². The van der Waals surface area contributed by atoms with Crippen LogP contribution in [0.5, 0.6) is 0 Å². The summed E-state index contributed by atoms with van der Waals surface area (Å²) in [4.78, 5) is 0. The third-order valence-electron chi connectivity index (χ3n) is 3.64. The molecule has 0 heterocycles. The molecule has 1 aliphatic rings. The fourth-order valence-corrected chi connectivity index (χ4v) is 2.73. The van der Waals surface area contributed by atoms with Crippen molar-refractivity contribution >= 4 is 0 Å². The van der Waals surface area contributed by atoms with E-state index in [0.717, 1.165) is 6.54 Å². The Morgan fingerprint density at radius 2 is 2.00 bits per heavy atom. The summed E-state index contributed by atoms with van der Waals surface area (Å²) >= 11 is 0. The first kappa shape index (κ1) is 11.7. The summed E-state index contributed by atoms with van der Waals surface area (Å²) < 4.78 is 0. The van der Waals surface area contributed by atoms with Crippen molar-refractivity contribution in [2.75, 3.05) is 0 Å². The number of rotatable bonds is 3. The Bertz CT molecular complexity index is 315. The Kier molecular flexibility index (Phi) is 3.65. The van der Waals surface area contributed by atoms with Gasteiger partial charge in [0, 0.05) is 12.6 Å². The Balaban J connectivity index is 1.82. The van der Waals surface area contributed by atoms with Crippen molar-refractivity contribution in [1.29, 1.82) is 0 Å². The molecule has 0 aliphatic heterocycles. The van der Waals surface area contributed by atoms with Gasteiger partial charge in [-0.1, -0.05) is 50.6 Å². The van der Waals surface area contributed by atoms with Crippen LogP contribution in [0.1, 0.15) is 45.1 Å². The third kappa shape index (κ3) is 3.34. The minimum Gasteiger partial charge on any atom is -0.310 e. The highest BCUT2D eigenvalue weighted by Gasteiger charge is 2.27. The van der Waals surface area contributed by atoms with E-state index >= 15 is 0 Å². The maximum atomic E-state index is 3.69. The highest BCUT2D eigenvalue weighted by Crippen LogP contribution is 2.35. The number of hydrogen-bond donors (Lipinski definition) is 1. The Morgan fingerprint density at radius 3 is 2.69 bits per heavy atom. The molecule has 2 rings (SSSR count). The van der Waals surface area contributed by atoms with E-state index in [1.54, 1.807) is 0 Å². The molecule has 1 heteroatoms. The van der Waals surface area contributed by atoms with E-state index < -0.39 is 0 Å². The molecule has 88 valence electrons. The third-order valence-corrected chi connectivity index (χ3v) is 3.64. The molecule has 0 saturated heterocycles. The van der Waals surface area contributed by atoms with Gasteiger partial charge in [-0.3, -0.25) is 0 Å². The van der Waals surface area contributed by atoms with Crippen LogP contribution in [0.15, 0.2) is 30.3 Å². The predicted molar refractivity (Wildman–Crippen MR) is 69.3 cm³/mol. The quantitative estimate of drug-likeness (QED) is 0.813. The normalized spacial score (nSPS) is 24.2. The summed E-state index contributed by atoms with van der Waals surface area (Å²) in [5, 5.41) is 3.69. The van der Waals surface area contributed by atoms with Gasteiger partial charge in [-0.15, -0.1) is 0 Å². The minimum atomic E-state index is 0.534. The van der Waals surface area contributed by atoms with Gasteiger partial charge in [-0.2, -0.15) is 0 Å². The molecule has 16 heavy (non-hydrogen) atoms. The fraction of sp³-hybridized carbons (Fsp3) is 0.600. The van der Waals surface area contributed by atoms with Gasteiger partial charge in [-0.25, -0.2) is 0 Å². The van der Waals surface area contributed by atoms with E-state index in [1.165, 1.54) is 31.2 Å². The fourth-order valence-electron chi connectivity index (χ4n) is 2.73. The molecule has 1 N–H and O–H groups in total. The molecule has 1 nitrogen and oxygen atoms in total. The first-order valence-electron chi connectivity index (χ1n) is 6.43. The summed E-state index contributed by atoms with van der Waals surface area (Å²) in [5.41, 5.74) is 1.93. The average Bonchev–Trinajstić information content (AvgIpc) is 2.27. The summed E-state index contributed by atoms with van der Waals surface area (Å²) in [6.45, 7) is 5.80. The maximum absolute atomic E-state index is 3.69. The van der Waals surface area contributed by atoms with E-state index in [-0.39, 0.29) is 0 Å². The van der Waals surface area contributed by atoms with Gasteiger partial charge >= 0.3 is 0 Å². The van der Waals surface area contributed by atoms with Gasteiger partial charge in [0.05, 0.1) is 0 Å². The van der Waals surface area contributed by atoms with Crippen LogP contribution in [0.2, 0.25) is 0 Å². The zero-order chi connectivity index (χ0) is 11.4. The monoisotopic (exact) mass is 217 g/mol. The minimum absolute atomic E-state index is 0.534. The van der Waals surface area contributed by atoms with Crippen LogP contribution in [0, 0.1) is 5.41 Å². The smallest absolute Gasteiger partial charge is 0.0208 e. The lowest BCUT2D eigenvalue weighted by molar-refractivity contribution is 0.198. The van der Waals surface area contributed by atoms with Crippen LogP contribution in [-0.4, -0.2) is 6.04 Å². The Labute approximate surface area is 99.3 Å². The Hall–Kier alpha value is -0.820. The molecule has 1 fully saturated rings. The van der Waals surface area contributed by atoms with Gasteiger partial charge in [0.25, 0.3) is 0 Å². The van der Waals surface area contributed by atoms with Crippen molar-refractivity contribution in [2.45, 2.75) is 52.1 Å². The maximum Gasteiger partial charge on any atom is 0.0208 e. The predicted octanol–water partition coefficient (Wildman–Crippen LogP) is 3.75. The van der Waals surface area contributed by atoms with E-state index in [1.807, 2.05) is 0 Å². The van der Waals surface area contributed by atoms with Crippen LogP contribution >= 0.6 is 0 Å². The molecule has 1 aromatic rings. The molecule has 0 aromatic heterocycles. The lowest BCUT2D eigenvalue weighted by atomic mass is 9.75. The average molecular weight is 217 g/mol. The summed E-state index contributed by atoms with van der Waals surface area (Å²) in [7, 11) is 0. The second kappa shape index (κ2) is 5.01. The van der Waals surface area contributed by atoms with Crippen LogP contribution in [-0.2, 0) is 6.54 Å². The topological polar surface area (TPSA) is 12.0 Å². The highest BCUT2D eigenvalue weighted by molar-refractivity contribution is 5.14. The lowest BCUT2D eigenvalue weighted by Gasteiger charge is -2.35. The standard InChI is InChI=1S/C15H23N/c1-15(2)10-6-9-14(11-15)16-12-13-7-4-3-5-8-13/h3-5,7-8,14,16H,6,9-12H2,1-2H3/t14-/m1/s1. The molecule has 0 spiro atoms. The van der Waals surface area contributed by atoms with Gasteiger partial charge in [0.1, 0.15) is 0 Å². The van der Waals surface area contributed by atoms with Crippen LogP contribution < -0.4 is 5.32 Å². The zero-order valence-corrected chi connectivity index (χ0v) is 10.5. The van der Waals surface area contributed by atoms with Crippen molar-refractivity contribution in [1.82, 2.24) is 5.32 Å². The van der Waals surface area contributed by atoms with Crippen molar-refractivity contribution in [2.24, 2.45) is 5.41 Å². The molecular weight excluding hydrogens is 194 g/mol. The summed E-state index contributed by atoms with van der Waals surface area (Å²) in [5.74, 6) is 0. The summed E-state index contributed by atoms with van der Waals surface area (Å²) in [6.07, 6.45) is 5.42.